The molecule has 0 spiro atoms. The molecule has 1 fully saturated rings. The molecule has 0 aromatic heterocycles. The van der Waals surface area contributed by atoms with Crippen LogP contribution in [0.4, 0.5) is 5.69 Å². The lowest BCUT2D eigenvalue weighted by Crippen LogP contribution is -2.31. The molecular formula is C18H15Br2ClN2O2S. The summed E-state index contributed by atoms with van der Waals surface area (Å²) in [5.74, 6) is 0.599. The fourth-order valence-electron chi connectivity index (χ4n) is 2.47. The number of halogens is 3. The van der Waals surface area contributed by atoms with Gasteiger partial charge < -0.3 is 15.4 Å². The Morgan fingerprint density at radius 2 is 1.96 bits per heavy atom. The summed E-state index contributed by atoms with van der Waals surface area (Å²) >= 11 is 14.4. The van der Waals surface area contributed by atoms with Crippen molar-refractivity contribution in [3.63, 3.8) is 0 Å². The second-order valence-electron chi connectivity index (χ2n) is 5.60. The number of benzene rings is 2. The largest absolute Gasteiger partial charge is 0.494 e. The Kier molecular flexibility index (Phi) is 6.22. The Morgan fingerprint density at radius 3 is 2.62 bits per heavy atom. The molecule has 1 saturated heterocycles. The van der Waals surface area contributed by atoms with Crippen LogP contribution >= 0.6 is 55.2 Å². The third-order valence-electron chi connectivity index (χ3n) is 3.74. The van der Waals surface area contributed by atoms with E-state index in [1.54, 1.807) is 7.11 Å². The molecule has 0 aliphatic carbocycles. The second kappa shape index (κ2) is 8.25. The lowest BCUT2D eigenvalue weighted by atomic mass is 10.2. The number of nitrogens with one attached hydrogen (secondary N) is 2. The number of carbonyl (C=O) groups excluding carboxylic acids is 1. The zero-order valence-corrected chi connectivity index (χ0v) is 18.6. The van der Waals surface area contributed by atoms with Gasteiger partial charge in [0.1, 0.15) is 5.75 Å². The molecule has 136 valence electrons. The van der Waals surface area contributed by atoms with Gasteiger partial charge in [-0.2, -0.15) is 0 Å². The molecule has 1 unspecified atom stereocenters. The van der Waals surface area contributed by atoms with Gasteiger partial charge in [-0.15, -0.1) is 0 Å². The Labute approximate surface area is 178 Å². The molecule has 2 aromatic carbocycles. The monoisotopic (exact) mass is 516 g/mol. The maximum Gasteiger partial charge on any atom is 0.260 e. The number of anilines is 1. The van der Waals surface area contributed by atoms with Gasteiger partial charge in [0.15, 0.2) is 5.50 Å². The number of hydrogen-bond acceptors (Lipinski definition) is 4. The van der Waals surface area contributed by atoms with Gasteiger partial charge in [0, 0.05) is 10.7 Å². The van der Waals surface area contributed by atoms with Gasteiger partial charge >= 0.3 is 0 Å². The molecule has 1 aliphatic heterocycles. The molecule has 3 rings (SSSR count). The van der Waals surface area contributed by atoms with E-state index in [-0.39, 0.29) is 11.4 Å². The number of ether oxygens (including phenoxy) is 1. The van der Waals surface area contributed by atoms with E-state index in [2.05, 4.69) is 42.5 Å². The third kappa shape index (κ3) is 4.39. The minimum Gasteiger partial charge on any atom is -0.494 e. The van der Waals surface area contributed by atoms with E-state index >= 15 is 0 Å². The van der Waals surface area contributed by atoms with Gasteiger partial charge in [-0.1, -0.05) is 29.4 Å². The molecule has 2 N–H and O–H groups in total. The summed E-state index contributed by atoms with van der Waals surface area (Å²) in [5.41, 5.74) is 2.59. The van der Waals surface area contributed by atoms with E-state index in [4.69, 9.17) is 16.3 Å². The van der Waals surface area contributed by atoms with E-state index in [1.165, 1.54) is 11.8 Å². The summed E-state index contributed by atoms with van der Waals surface area (Å²) in [6.07, 6.45) is 1.85. The molecular weight excluding hydrogens is 504 g/mol. The number of carbonyl (C=O) groups is 1. The maximum atomic E-state index is 12.3. The Balaban J connectivity index is 1.79. The summed E-state index contributed by atoms with van der Waals surface area (Å²) in [6.45, 7) is 1.99. The molecule has 1 heterocycles. The number of hydrogen-bond donors (Lipinski definition) is 2. The highest BCUT2D eigenvalue weighted by Crippen LogP contribution is 2.37. The van der Waals surface area contributed by atoms with E-state index in [9.17, 15) is 4.79 Å². The highest BCUT2D eigenvalue weighted by Gasteiger charge is 2.27. The zero-order valence-electron chi connectivity index (χ0n) is 13.9. The van der Waals surface area contributed by atoms with Gasteiger partial charge in [0.05, 0.1) is 21.0 Å². The van der Waals surface area contributed by atoms with Crippen molar-refractivity contribution in [1.29, 1.82) is 0 Å². The lowest BCUT2D eigenvalue weighted by Gasteiger charge is -2.15. The predicted octanol–water partition coefficient (Wildman–Crippen LogP) is 5.78. The fourth-order valence-corrected chi connectivity index (χ4v) is 5.16. The van der Waals surface area contributed by atoms with Crippen LogP contribution in [0.25, 0.3) is 6.08 Å². The predicted molar refractivity (Wildman–Crippen MR) is 116 cm³/mol. The molecule has 1 aliphatic rings. The second-order valence-corrected chi connectivity index (χ2v) is 8.89. The minimum absolute atomic E-state index is 0.116. The normalized spacial score (nSPS) is 18.1. The molecule has 8 heteroatoms. The van der Waals surface area contributed by atoms with Gasteiger partial charge in [0.2, 0.25) is 0 Å². The van der Waals surface area contributed by atoms with Crippen LogP contribution in [0.2, 0.25) is 5.02 Å². The van der Waals surface area contributed by atoms with Crippen molar-refractivity contribution >= 4 is 72.9 Å². The summed E-state index contributed by atoms with van der Waals surface area (Å²) in [4.78, 5) is 12.9. The Morgan fingerprint density at radius 1 is 1.27 bits per heavy atom. The number of aryl methyl sites for hydroxylation is 1. The molecule has 1 amide bonds. The molecule has 0 radical (unpaired) electrons. The van der Waals surface area contributed by atoms with Gasteiger partial charge in [-0.3, -0.25) is 4.79 Å². The van der Waals surface area contributed by atoms with Crippen LogP contribution < -0.4 is 15.4 Å². The number of thioether (sulfide) groups is 1. The van der Waals surface area contributed by atoms with E-state index in [1.807, 2.05) is 43.3 Å². The number of methoxy groups -OCH3 is 1. The Hall–Kier alpha value is -1.15. The quantitative estimate of drug-likeness (QED) is 0.504. The molecule has 2 aromatic rings. The average molecular weight is 519 g/mol. The van der Waals surface area contributed by atoms with Gasteiger partial charge in [-0.05, 0) is 80.3 Å². The van der Waals surface area contributed by atoms with Crippen LogP contribution in [0, 0.1) is 6.92 Å². The third-order valence-corrected chi connectivity index (χ3v) is 6.18. The molecule has 0 bridgehead atoms. The molecule has 4 nitrogen and oxygen atoms in total. The van der Waals surface area contributed by atoms with Crippen molar-refractivity contribution in [2.75, 3.05) is 12.4 Å². The summed E-state index contributed by atoms with van der Waals surface area (Å²) < 4.78 is 6.93. The standard InChI is InChI=1S/C18H15Br2ClN2O2S/c1-9-3-4-11(21)8-14(9)22-18-23-17(24)15(26-18)7-10-5-12(19)16(25-2)13(20)6-10/h3-8,18,22H,1-2H3,(H,23,24)/b15-7-. The van der Waals surface area contributed by atoms with Crippen LogP contribution in [-0.2, 0) is 4.79 Å². The van der Waals surface area contributed by atoms with Crippen molar-refractivity contribution in [1.82, 2.24) is 5.32 Å². The first-order chi connectivity index (χ1) is 12.4. The van der Waals surface area contributed by atoms with Crippen LogP contribution in [0.1, 0.15) is 11.1 Å². The van der Waals surface area contributed by atoms with Crippen LogP contribution in [0.5, 0.6) is 5.75 Å². The van der Waals surface area contributed by atoms with Crippen LogP contribution in [0.15, 0.2) is 44.2 Å². The number of rotatable bonds is 4. The van der Waals surface area contributed by atoms with Gasteiger partial charge in [0.25, 0.3) is 5.91 Å². The molecule has 1 atom stereocenters. The summed E-state index contributed by atoms with van der Waals surface area (Å²) in [5, 5.41) is 6.88. The first kappa shape index (κ1) is 19.6. The van der Waals surface area contributed by atoms with Crippen molar-refractivity contribution < 1.29 is 9.53 Å². The van der Waals surface area contributed by atoms with E-state index in [0.717, 1.165) is 25.8 Å². The van der Waals surface area contributed by atoms with Crippen molar-refractivity contribution in [3.8, 4) is 5.75 Å². The maximum absolute atomic E-state index is 12.3. The SMILES string of the molecule is COc1c(Br)cc(/C=C2\SC(Nc3cc(Cl)ccc3C)NC2=O)cc1Br. The fraction of sp³-hybridized carbons (Fsp3) is 0.167. The van der Waals surface area contributed by atoms with Crippen LogP contribution in [0.3, 0.4) is 0 Å². The Bertz CT molecular complexity index is 882. The average Bonchev–Trinajstić information content (AvgIpc) is 2.90. The highest BCUT2D eigenvalue weighted by atomic mass is 79.9. The van der Waals surface area contributed by atoms with E-state index in [0.29, 0.717) is 15.7 Å². The van der Waals surface area contributed by atoms with Crippen molar-refractivity contribution in [2.45, 2.75) is 12.4 Å². The summed E-state index contributed by atoms with van der Waals surface area (Å²) in [7, 11) is 1.61. The van der Waals surface area contributed by atoms with E-state index < -0.39 is 0 Å². The molecule has 0 saturated carbocycles. The highest BCUT2D eigenvalue weighted by molar-refractivity contribution is 9.11. The van der Waals surface area contributed by atoms with Crippen molar-refractivity contribution in [2.24, 2.45) is 0 Å². The minimum atomic E-state index is -0.254. The topological polar surface area (TPSA) is 50.4 Å². The van der Waals surface area contributed by atoms with Crippen LogP contribution in [-0.4, -0.2) is 18.5 Å². The zero-order chi connectivity index (χ0) is 18.8. The summed E-state index contributed by atoms with van der Waals surface area (Å²) in [6, 6.07) is 9.45. The lowest BCUT2D eigenvalue weighted by molar-refractivity contribution is -0.116. The first-order valence-corrected chi connectivity index (χ1v) is 10.5. The smallest absolute Gasteiger partial charge is 0.260 e. The van der Waals surface area contributed by atoms with Gasteiger partial charge in [-0.25, -0.2) is 0 Å². The molecule has 26 heavy (non-hydrogen) atoms. The first-order valence-electron chi connectivity index (χ1n) is 7.62. The number of amides is 1. The van der Waals surface area contributed by atoms with Crippen molar-refractivity contribution in [3.05, 3.63) is 60.3 Å².